The van der Waals surface area contributed by atoms with Crippen LogP contribution in [0.2, 0.25) is 0 Å². The van der Waals surface area contributed by atoms with E-state index in [2.05, 4.69) is 20.5 Å². The lowest BCUT2D eigenvalue weighted by atomic mass is 9.65. The van der Waals surface area contributed by atoms with Crippen molar-refractivity contribution < 1.29 is 8.78 Å². The number of hydrogen-bond acceptors (Lipinski definition) is 5. The largest absolute Gasteiger partial charge is 0.396 e. The molecular weight excluding hydrogens is 348 g/mol. The van der Waals surface area contributed by atoms with Gasteiger partial charge in [-0.05, 0) is 49.2 Å². The Bertz CT molecular complexity index is 925. The molecule has 4 rings (SSSR count). The summed E-state index contributed by atoms with van der Waals surface area (Å²) in [4.78, 5) is 4.40. The number of alkyl halides is 1. The first-order valence-corrected chi connectivity index (χ1v) is 8.74. The maximum absolute atomic E-state index is 13.6. The van der Waals surface area contributed by atoms with E-state index in [-0.39, 0.29) is 11.1 Å². The molecule has 27 heavy (non-hydrogen) atoms. The summed E-state index contributed by atoms with van der Waals surface area (Å²) in [6.45, 7) is 0.523. The second-order valence-electron chi connectivity index (χ2n) is 6.89. The first-order chi connectivity index (χ1) is 13.1. The van der Waals surface area contributed by atoms with Gasteiger partial charge < -0.3 is 11.1 Å². The zero-order chi connectivity index (χ0) is 18.9. The van der Waals surface area contributed by atoms with Gasteiger partial charge in [0, 0.05) is 29.4 Å². The van der Waals surface area contributed by atoms with Crippen LogP contribution in [-0.2, 0) is 5.41 Å². The highest BCUT2D eigenvalue weighted by atomic mass is 19.1. The summed E-state index contributed by atoms with van der Waals surface area (Å²) < 4.78 is 27.2. The van der Waals surface area contributed by atoms with E-state index in [9.17, 15) is 8.78 Å². The maximum Gasteiger partial charge on any atom is 0.148 e. The zero-order valence-corrected chi connectivity index (χ0v) is 14.6. The molecule has 5 nitrogen and oxygen atoms in total. The monoisotopic (exact) mass is 367 g/mol. The molecule has 3 N–H and O–H groups in total. The van der Waals surface area contributed by atoms with Crippen molar-refractivity contribution in [3.05, 3.63) is 66.2 Å². The lowest BCUT2D eigenvalue weighted by Gasteiger charge is -2.43. The second-order valence-corrected chi connectivity index (χ2v) is 6.89. The summed E-state index contributed by atoms with van der Waals surface area (Å²) >= 11 is 0. The molecule has 0 unspecified atom stereocenters. The van der Waals surface area contributed by atoms with Crippen LogP contribution in [-0.4, -0.2) is 27.9 Å². The van der Waals surface area contributed by atoms with Gasteiger partial charge >= 0.3 is 0 Å². The third kappa shape index (κ3) is 3.45. The molecule has 138 valence electrons. The van der Waals surface area contributed by atoms with Crippen molar-refractivity contribution >= 4 is 11.5 Å². The van der Waals surface area contributed by atoms with Crippen LogP contribution in [0, 0.1) is 5.82 Å². The minimum absolute atomic E-state index is 0.0940. The normalized spacial score (nSPS) is 21.5. The Labute approximate surface area is 155 Å². The van der Waals surface area contributed by atoms with E-state index in [1.165, 1.54) is 12.1 Å². The highest BCUT2D eigenvalue weighted by Gasteiger charge is 2.46. The molecular formula is C20H19F2N5. The SMILES string of the molecule is Nc1ccc(-c2ccc(NCC3(c4ccccn4)CC(F)C3)nn2)cc1F. The number of benzene rings is 1. The van der Waals surface area contributed by atoms with Crippen molar-refractivity contribution in [3.63, 3.8) is 0 Å². The number of anilines is 2. The topological polar surface area (TPSA) is 76.7 Å². The Morgan fingerprint density at radius 1 is 1.11 bits per heavy atom. The van der Waals surface area contributed by atoms with Crippen LogP contribution in [0.5, 0.6) is 0 Å². The van der Waals surface area contributed by atoms with E-state index >= 15 is 0 Å². The minimum Gasteiger partial charge on any atom is -0.396 e. The molecule has 0 saturated heterocycles. The Morgan fingerprint density at radius 2 is 1.96 bits per heavy atom. The first-order valence-electron chi connectivity index (χ1n) is 8.74. The lowest BCUT2D eigenvalue weighted by Crippen LogP contribution is -2.48. The van der Waals surface area contributed by atoms with Crippen molar-refractivity contribution in [3.8, 4) is 11.3 Å². The van der Waals surface area contributed by atoms with Gasteiger partial charge in [-0.2, -0.15) is 0 Å². The summed E-state index contributed by atoms with van der Waals surface area (Å²) in [7, 11) is 0. The molecule has 1 saturated carbocycles. The predicted molar refractivity (Wildman–Crippen MR) is 100 cm³/mol. The van der Waals surface area contributed by atoms with Crippen LogP contribution < -0.4 is 11.1 Å². The van der Waals surface area contributed by atoms with Crippen molar-refractivity contribution in [2.75, 3.05) is 17.6 Å². The number of nitrogens with two attached hydrogens (primary N) is 1. The van der Waals surface area contributed by atoms with Crippen LogP contribution in [0.1, 0.15) is 18.5 Å². The fraction of sp³-hybridized carbons (Fsp3) is 0.250. The van der Waals surface area contributed by atoms with Crippen LogP contribution in [0.25, 0.3) is 11.3 Å². The Balaban J connectivity index is 1.47. The minimum atomic E-state index is -0.803. The number of pyridine rings is 1. The Kier molecular flexibility index (Phi) is 4.43. The highest BCUT2D eigenvalue weighted by molar-refractivity contribution is 5.62. The van der Waals surface area contributed by atoms with Crippen LogP contribution in [0.3, 0.4) is 0 Å². The molecule has 0 atom stereocenters. The van der Waals surface area contributed by atoms with Crippen molar-refractivity contribution in [1.82, 2.24) is 15.2 Å². The lowest BCUT2D eigenvalue weighted by molar-refractivity contribution is 0.0996. The number of nitrogen functional groups attached to an aromatic ring is 1. The number of aromatic nitrogens is 3. The first kappa shape index (κ1) is 17.3. The van der Waals surface area contributed by atoms with Gasteiger partial charge in [0.2, 0.25) is 0 Å². The fourth-order valence-electron chi connectivity index (χ4n) is 3.44. The third-order valence-electron chi connectivity index (χ3n) is 5.00. The van der Waals surface area contributed by atoms with Gasteiger partial charge in [-0.3, -0.25) is 4.98 Å². The fourth-order valence-corrected chi connectivity index (χ4v) is 3.44. The molecule has 1 aliphatic carbocycles. The number of halogens is 2. The van der Waals surface area contributed by atoms with E-state index in [0.29, 0.717) is 36.5 Å². The summed E-state index contributed by atoms with van der Waals surface area (Å²) in [5.74, 6) is 0.0897. The van der Waals surface area contributed by atoms with Crippen molar-refractivity contribution in [2.24, 2.45) is 0 Å². The maximum atomic E-state index is 13.6. The standard InChI is InChI=1S/C20H19F2N5/c21-14-10-20(11-14,18-3-1-2-8-24-18)12-25-19-7-6-17(26-27-19)13-4-5-16(23)15(22)9-13/h1-9,14H,10-12,23H2,(H,25,27). The van der Waals surface area contributed by atoms with Crippen molar-refractivity contribution in [1.29, 1.82) is 0 Å². The highest BCUT2D eigenvalue weighted by Crippen LogP contribution is 2.44. The van der Waals surface area contributed by atoms with Gasteiger partial charge in [-0.15, -0.1) is 10.2 Å². The van der Waals surface area contributed by atoms with Crippen LogP contribution >= 0.6 is 0 Å². The molecule has 1 aliphatic rings. The van der Waals surface area contributed by atoms with Crippen LogP contribution in [0.4, 0.5) is 20.3 Å². The number of nitrogens with one attached hydrogen (secondary N) is 1. The molecule has 1 fully saturated rings. The molecule has 0 aliphatic heterocycles. The molecule has 3 aromatic rings. The molecule has 0 spiro atoms. The second kappa shape index (κ2) is 6.90. The molecule has 7 heteroatoms. The summed E-state index contributed by atoms with van der Waals surface area (Å²) in [5.41, 5.74) is 7.29. The molecule has 2 aromatic heterocycles. The van der Waals surface area contributed by atoms with Gasteiger partial charge in [0.25, 0.3) is 0 Å². The van der Waals surface area contributed by atoms with E-state index in [1.807, 2.05) is 18.2 Å². The van der Waals surface area contributed by atoms with E-state index < -0.39 is 12.0 Å². The van der Waals surface area contributed by atoms with Crippen LogP contribution in [0.15, 0.2) is 54.7 Å². The van der Waals surface area contributed by atoms with E-state index in [1.54, 1.807) is 24.4 Å². The molecule has 1 aromatic carbocycles. The average molecular weight is 367 g/mol. The molecule has 0 bridgehead atoms. The zero-order valence-electron chi connectivity index (χ0n) is 14.6. The molecule has 0 radical (unpaired) electrons. The van der Waals surface area contributed by atoms with Gasteiger partial charge in [-0.25, -0.2) is 8.78 Å². The summed E-state index contributed by atoms with van der Waals surface area (Å²) in [6, 6.07) is 13.7. The number of hydrogen-bond donors (Lipinski definition) is 2. The number of nitrogens with zero attached hydrogens (tertiary/aromatic N) is 3. The Hall–Kier alpha value is -3.09. The molecule has 2 heterocycles. The summed E-state index contributed by atoms with van der Waals surface area (Å²) in [5, 5.41) is 11.5. The summed E-state index contributed by atoms with van der Waals surface area (Å²) in [6.07, 6.45) is 1.80. The molecule has 0 amide bonds. The Morgan fingerprint density at radius 3 is 2.59 bits per heavy atom. The van der Waals surface area contributed by atoms with Gasteiger partial charge in [0.05, 0.1) is 11.4 Å². The van der Waals surface area contributed by atoms with Gasteiger partial charge in [0.15, 0.2) is 0 Å². The van der Waals surface area contributed by atoms with E-state index in [4.69, 9.17) is 5.73 Å². The smallest absolute Gasteiger partial charge is 0.148 e. The van der Waals surface area contributed by atoms with Crippen molar-refractivity contribution in [2.45, 2.75) is 24.4 Å². The number of rotatable bonds is 5. The predicted octanol–water partition coefficient (Wildman–Crippen LogP) is 3.74. The van der Waals surface area contributed by atoms with E-state index in [0.717, 1.165) is 5.69 Å². The average Bonchev–Trinajstić information content (AvgIpc) is 2.67. The van der Waals surface area contributed by atoms with Gasteiger partial charge in [-0.1, -0.05) is 12.1 Å². The quantitative estimate of drug-likeness (QED) is 0.672. The van der Waals surface area contributed by atoms with Gasteiger partial charge in [0.1, 0.15) is 17.8 Å². The third-order valence-corrected chi connectivity index (χ3v) is 5.00.